The van der Waals surface area contributed by atoms with Crippen LogP contribution in [0.3, 0.4) is 0 Å². The van der Waals surface area contributed by atoms with E-state index in [1.54, 1.807) is 7.11 Å². The molecule has 0 bridgehead atoms. The van der Waals surface area contributed by atoms with Gasteiger partial charge in [-0.25, -0.2) is 0 Å². The zero-order chi connectivity index (χ0) is 24.5. The van der Waals surface area contributed by atoms with E-state index < -0.39 is 23.8 Å². The van der Waals surface area contributed by atoms with Gasteiger partial charge >= 0.3 is 0 Å². The van der Waals surface area contributed by atoms with E-state index in [9.17, 15) is 0 Å². The Morgan fingerprint density at radius 3 is 1.77 bits per heavy atom. The molecule has 0 aliphatic carbocycles. The van der Waals surface area contributed by atoms with Crippen molar-refractivity contribution in [1.82, 2.24) is 0 Å². The van der Waals surface area contributed by atoms with Crippen LogP contribution in [-0.2, 0) is 29.3 Å². The number of fused-ring (bicyclic) bond motifs is 1. The van der Waals surface area contributed by atoms with Crippen LogP contribution in [0.5, 0.6) is 0 Å². The minimum Gasteiger partial charge on any atom is -0.375 e. The third kappa shape index (κ3) is 4.46. The van der Waals surface area contributed by atoms with Crippen LogP contribution in [0, 0.1) is 0 Å². The fourth-order valence-electron chi connectivity index (χ4n) is 5.12. The van der Waals surface area contributed by atoms with Crippen molar-refractivity contribution >= 4 is 0 Å². The Morgan fingerprint density at radius 1 is 0.829 bits per heavy atom. The van der Waals surface area contributed by atoms with Crippen LogP contribution in [0.25, 0.3) is 0 Å². The molecule has 0 unspecified atom stereocenters. The van der Waals surface area contributed by atoms with Gasteiger partial charge in [0.05, 0.1) is 6.61 Å². The molecule has 2 saturated heterocycles. The summed E-state index contributed by atoms with van der Waals surface area (Å²) in [4.78, 5) is 0. The minimum absolute atomic E-state index is 0.256. The molecule has 0 radical (unpaired) electrons. The van der Waals surface area contributed by atoms with Gasteiger partial charge in [0, 0.05) is 7.11 Å². The lowest BCUT2D eigenvalue weighted by Gasteiger charge is -2.37. The van der Waals surface area contributed by atoms with Crippen molar-refractivity contribution in [2.45, 2.75) is 49.8 Å². The molecule has 5 rings (SSSR count). The molecule has 0 spiro atoms. The summed E-state index contributed by atoms with van der Waals surface area (Å²) in [5.74, 6) is -0.710. The van der Waals surface area contributed by atoms with Gasteiger partial charge in [-0.15, -0.1) is 0 Å². The number of methoxy groups -OCH3 is 1. The minimum atomic E-state index is -0.835. The van der Waals surface area contributed by atoms with Crippen LogP contribution in [-0.4, -0.2) is 44.1 Å². The van der Waals surface area contributed by atoms with E-state index >= 15 is 0 Å². The maximum absolute atomic E-state index is 6.90. The number of rotatable bonds is 8. The lowest BCUT2D eigenvalue weighted by atomic mass is 9.80. The van der Waals surface area contributed by atoms with E-state index in [1.165, 1.54) is 0 Å². The Morgan fingerprint density at radius 2 is 1.31 bits per heavy atom. The smallest absolute Gasteiger partial charge is 0.190 e. The van der Waals surface area contributed by atoms with Crippen molar-refractivity contribution in [2.75, 3.05) is 13.7 Å². The topological polar surface area (TPSA) is 46.2 Å². The van der Waals surface area contributed by atoms with Gasteiger partial charge < -0.3 is 23.7 Å². The largest absolute Gasteiger partial charge is 0.375 e. The van der Waals surface area contributed by atoms with Gasteiger partial charge in [0.1, 0.15) is 23.9 Å². The van der Waals surface area contributed by atoms with Gasteiger partial charge in [-0.2, -0.15) is 0 Å². The Hall–Kier alpha value is -2.80. The molecule has 0 aromatic heterocycles. The first-order valence-electron chi connectivity index (χ1n) is 12.0. The standard InChI is InChI=1S/C30H32O5/c1-21(25-26(31-4)27-28(33-25)35-29(2,3)34-27)20-32-30(22-14-8-5-9-15-22,23-16-10-6-11-17-23)24-18-12-7-13-19-24/h5-19,25-28H,1,20H2,2-4H3/t25-,26+,27-,28-/m1/s1. The number of hydrogen-bond acceptors (Lipinski definition) is 5. The molecule has 182 valence electrons. The lowest BCUT2D eigenvalue weighted by Crippen LogP contribution is -2.39. The third-order valence-electron chi connectivity index (χ3n) is 6.68. The molecule has 2 heterocycles. The van der Waals surface area contributed by atoms with E-state index in [0.29, 0.717) is 0 Å². The molecule has 3 aromatic rings. The fraction of sp³-hybridized carbons (Fsp3) is 0.333. The number of benzene rings is 3. The Bertz CT molecular complexity index is 1030. The molecule has 5 nitrogen and oxygen atoms in total. The van der Waals surface area contributed by atoms with Gasteiger partial charge in [-0.3, -0.25) is 0 Å². The van der Waals surface area contributed by atoms with Crippen molar-refractivity contribution in [2.24, 2.45) is 0 Å². The first kappa shape index (κ1) is 23.9. The predicted molar refractivity (Wildman–Crippen MR) is 134 cm³/mol. The molecule has 35 heavy (non-hydrogen) atoms. The summed E-state index contributed by atoms with van der Waals surface area (Å²) in [5, 5.41) is 0. The van der Waals surface area contributed by atoms with Crippen LogP contribution < -0.4 is 0 Å². The molecule has 2 aliphatic rings. The number of ether oxygens (including phenoxy) is 5. The summed E-state index contributed by atoms with van der Waals surface area (Å²) in [5.41, 5.74) is 3.03. The summed E-state index contributed by atoms with van der Waals surface area (Å²) < 4.78 is 30.9. The Balaban J connectivity index is 1.48. The summed E-state index contributed by atoms with van der Waals surface area (Å²) in [6.07, 6.45) is -1.57. The monoisotopic (exact) mass is 472 g/mol. The van der Waals surface area contributed by atoms with E-state index in [0.717, 1.165) is 22.3 Å². The van der Waals surface area contributed by atoms with Gasteiger partial charge in [0.25, 0.3) is 0 Å². The fourth-order valence-corrected chi connectivity index (χ4v) is 5.12. The second-order valence-electron chi connectivity index (χ2n) is 9.45. The highest BCUT2D eigenvalue weighted by Crippen LogP contribution is 2.43. The van der Waals surface area contributed by atoms with Crippen LogP contribution in [0.15, 0.2) is 103 Å². The second-order valence-corrected chi connectivity index (χ2v) is 9.45. The van der Waals surface area contributed by atoms with Crippen LogP contribution in [0.2, 0.25) is 0 Å². The third-order valence-corrected chi connectivity index (χ3v) is 6.68. The zero-order valence-electron chi connectivity index (χ0n) is 20.4. The summed E-state index contributed by atoms with van der Waals surface area (Å²) in [6, 6.07) is 30.8. The molecule has 4 atom stereocenters. The quantitative estimate of drug-likeness (QED) is 0.323. The summed E-state index contributed by atoms with van der Waals surface area (Å²) in [6.45, 7) is 8.35. The molecular formula is C30H32O5. The average Bonchev–Trinajstić information content (AvgIpc) is 3.37. The van der Waals surface area contributed by atoms with Gasteiger partial charge in [-0.1, -0.05) is 97.6 Å². The average molecular weight is 473 g/mol. The Kier molecular flexibility index (Phi) is 6.62. The zero-order valence-corrected chi connectivity index (χ0v) is 20.4. The molecule has 2 aliphatic heterocycles. The second kappa shape index (κ2) is 9.69. The van der Waals surface area contributed by atoms with Crippen LogP contribution in [0.4, 0.5) is 0 Å². The van der Waals surface area contributed by atoms with Crippen molar-refractivity contribution in [3.63, 3.8) is 0 Å². The van der Waals surface area contributed by atoms with E-state index in [-0.39, 0.29) is 18.8 Å². The van der Waals surface area contributed by atoms with Crippen molar-refractivity contribution in [3.8, 4) is 0 Å². The van der Waals surface area contributed by atoms with Gasteiger partial charge in [0.2, 0.25) is 0 Å². The molecule has 2 fully saturated rings. The highest BCUT2D eigenvalue weighted by atomic mass is 16.8. The molecule has 0 saturated carbocycles. The van der Waals surface area contributed by atoms with Gasteiger partial charge in [-0.05, 0) is 36.1 Å². The van der Waals surface area contributed by atoms with E-state index in [4.69, 9.17) is 23.7 Å². The SMILES string of the molecule is C=C(COC(c1ccccc1)(c1ccccc1)c1ccccc1)[C@H]1O[C@@H]2OC(C)(C)O[C@@H]2[C@H]1OC. The summed E-state index contributed by atoms with van der Waals surface area (Å²) in [7, 11) is 1.66. The molecule has 0 N–H and O–H groups in total. The molecule has 5 heteroatoms. The van der Waals surface area contributed by atoms with Crippen molar-refractivity contribution in [1.29, 1.82) is 0 Å². The predicted octanol–water partition coefficient (Wildman–Crippen LogP) is 5.44. The highest BCUT2D eigenvalue weighted by molar-refractivity contribution is 5.47. The van der Waals surface area contributed by atoms with Crippen LogP contribution >= 0.6 is 0 Å². The molecule has 3 aromatic carbocycles. The molecular weight excluding hydrogens is 440 g/mol. The number of hydrogen-bond donors (Lipinski definition) is 0. The van der Waals surface area contributed by atoms with Crippen LogP contribution in [0.1, 0.15) is 30.5 Å². The maximum Gasteiger partial charge on any atom is 0.190 e. The normalized spacial score (nSPS) is 25.3. The first-order valence-corrected chi connectivity index (χ1v) is 12.0. The first-order chi connectivity index (χ1) is 16.9. The lowest BCUT2D eigenvalue weighted by molar-refractivity contribution is -0.212. The summed E-state index contributed by atoms with van der Waals surface area (Å²) >= 11 is 0. The van der Waals surface area contributed by atoms with Crippen molar-refractivity contribution < 1.29 is 23.7 Å². The van der Waals surface area contributed by atoms with E-state index in [2.05, 4.69) is 43.0 Å². The maximum atomic E-state index is 6.90. The van der Waals surface area contributed by atoms with Gasteiger partial charge in [0.15, 0.2) is 12.1 Å². The Labute approximate surface area is 207 Å². The van der Waals surface area contributed by atoms with Crippen molar-refractivity contribution in [3.05, 3.63) is 120 Å². The van der Waals surface area contributed by atoms with E-state index in [1.807, 2.05) is 68.4 Å². The highest BCUT2D eigenvalue weighted by Gasteiger charge is 2.55. The molecule has 0 amide bonds.